The van der Waals surface area contributed by atoms with Gasteiger partial charge in [-0.2, -0.15) is 0 Å². The number of fused-ring (bicyclic) bond motifs is 5. The standard InChI is InChI=1S/C23H34O6/c1-21-9-7-15(24)11-14(21)5-6-16-17-8-10-23(20(26)28-4,29-13-27-3)22(17,2)12-18(25)19(16)21/h11,16-19,25H,5-10,12-13H2,1-4H3/t16-,17-,18?,19-,21-,22-,23?/m0/s1. The zero-order valence-corrected chi connectivity index (χ0v) is 18.0. The van der Waals surface area contributed by atoms with E-state index in [1.54, 1.807) is 7.11 Å². The van der Waals surface area contributed by atoms with Crippen LogP contribution in [-0.2, 0) is 23.8 Å². The van der Waals surface area contributed by atoms with E-state index in [4.69, 9.17) is 14.2 Å². The topological polar surface area (TPSA) is 82.1 Å². The Morgan fingerprint density at radius 1 is 1.21 bits per heavy atom. The minimum Gasteiger partial charge on any atom is -0.467 e. The van der Waals surface area contributed by atoms with Gasteiger partial charge in [0.2, 0.25) is 0 Å². The van der Waals surface area contributed by atoms with Gasteiger partial charge in [0.05, 0.1) is 13.2 Å². The summed E-state index contributed by atoms with van der Waals surface area (Å²) in [5.74, 6) is 0.532. The summed E-state index contributed by atoms with van der Waals surface area (Å²) in [6, 6.07) is 0. The molecule has 6 heteroatoms. The number of ketones is 1. The minimum atomic E-state index is -1.09. The van der Waals surface area contributed by atoms with Crippen molar-refractivity contribution in [3.05, 3.63) is 11.6 Å². The first-order chi connectivity index (χ1) is 13.7. The maximum atomic E-state index is 13.0. The molecule has 0 spiro atoms. The average Bonchev–Trinajstić information content (AvgIpc) is 2.98. The quantitative estimate of drug-likeness (QED) is 0.571. The Labute approximate surface area is 173 Å². The number of methoxy groups -OCH3 is 2. The molecule has 6 nitrogen and oxygen atoms in total. The van der Waals surface area contributed by atoms with Gasteiger partial charge in [-0.25, -0.2) is 4.79 Å². The molecule has 0 aromatic heterocycles. The number of hydrogen-bond acceptors (Lipinski definition) is 6. The number of ether oxygens (including phenoxy) is 3. The molecule has 0 aromatic carbocycles. The highest BCUT2D eigenvalue weighted by Gasteiger charge is 2.70. The molecule has 0 radical (unpaired) electrons. The van der Waals surface area contributed by atoms with Crippen LogP contribution in [0.1, 0.15) is 58.8 Å². The highest BCUT2D eigenvalue weighted by atomic mass is 16.7. The van der Waals surface area contributed by atoms with Crippen LogP contribution in [0.15, 0.2) is 11.6 Å². The summed E-state index contributed by atoms with van der Waals surface area (Å²) in [7, 11) is 2.95. The van der Waals surface area contributed by atoms with Crippen LogP contribution in [0.2, 0.25) is 0 Å². The maximum Gasteiger partial charge on any atom is 0.338 e. The Bertz CT molecular complexity index is 731. The van der Waals surface area contributed by atoms with Crippen molar-refractivity contribution in [1.82, 2.24) is 0 Å². The van der Waals surface area contributed by atoms with Crippen molar-refractivity contribution in [2.45, 2.75) is 70.5 Å². The minimum absolute atomic E-state index is 0.0221. The van der Waals surface area contributed by atoms with Gasteiger partial charge in [0.25, 0.3) is 0 Å². The second kappa shape index (κ2) is 7.17. The first-order valence-electron chi connectivity index (χ1n) is 10.9. The SMILES string of the molecule is COCOC1(C(=O)OC)CC[C@H]2[C@@H]3CCC4=CC(=O)CC[C@]4(C)[C@@H]3C(O)C[C@@]21C. The summed E-state index contributed by atoms with van der Waals surface area (Å²) in [6.45, 7) is 4.35. The van der Waals surface area contributed by atoms with Gasteiger partial charge in [0, 0.05) is 18.9 Å². The van der Waals surface area contributed by atoms with Crippen LogP contribution in [0, 0.1) is 28.6 Å². The maximum absolute atomic E-state index is 13.0. The first-order valence-corrected chi connectivity index (χ1v) is 10.9. The fraction of sp³-hybridized carbons (Fsp3) is 0.826. The lowest BCUT2D eigenvalue weighted by Gasteiger charge is -2.60. The van der Waals surface area contributed by atoms with Crippen molar-refractivity contribution >= 4 is 11.8 Å². The summed E-state index contributed by atoms with van der Waals surface area (Å²) in [6.07, 6.45) is 6.45. The normalized spacial score (nSPS) is 46.4. The lowest BCUT2D eigenvalue weighted by atomic mass is 9.45. The van der Waals surface area contributed by atoms with E-state index in [1.807, 2.05) is 6.08 Å². The van der Waals surface area contributed by atoms with Gasteiger partial charge in [-0.15, -0.1) is 0 Å². The van der Waals surface area contributed by atoms with E-state index in [1.165, 1.54) is 12.7 Å². The highest BCUT2D eigenvalue weighted by Crippen LogP contribution is 2.68. The van der Waals surface area contributed by atoms with Gasteiger partial charge in [0.15, 0.2) is 11.4 Å². The molecule has 0 amide bonds. The number of carbonyl (C=O) groups excluding carboxylic acids is 2. The highest BCUT2D eigenvalue weighted by molar-refractivity contribution is 5.91. The number of allylic oxidation sites excluding steroid dienone is 1. The molecule has 3 fully saturated rings. The van der Waals surface area contributed by atoms with Crippen molar-refractivity contribution in [2.24, 2.45) is 28.6 Å². The van der Waals surface area contributed by atoms with Crippen molar-refractivity contribution < 1.29 is 28.9 Å². The second-order valence-electron chi connectivity index (χ2n) is 9.99. The van der Waals surface area contributed by atoms with Crippen molar-refractivity contribution in [3.8, 4) is 0 Å². The largest absolute Gasteiger partial charge is 0.467 e. The van der Waals surface area contributed by atoms with E-state index in [0.29, 0.717) is 25.2 Å². The van der Waals surface area contributed by atoms with E-state index in [-0.39, 0.29) is 35.8 Å². The van der Waals surface area contributed by atoms with Crippen molar-refractivity contribution in [2.75, 3.05) is 21.0 Å². The van der Waals surface area contributed by atoms with E-state index >= 15 is 0 Å². The van der Waals surface area contributed by atoms with Crippen LogP contribution in [0.5, 0.6) is 0 Å². The first kappa shape index (κ1) is 21.0. The predicted molar refractivity (Wildman–Crippen MR) is 106 cm³/mol. The van der Waals surface area contributed by atoms with Crippen LogP contribution >= 0.6 is 0 Å². The summed E-state index contributed by atoms with van der Waals surface area (Å²) >= 11 is 0. The third-order valence-electron chi connectivity index (χ3n) is 8.95. The number of aliphatic hydroxyl groups is 1. The number of hydrogen-bond donors (Lipinski definition) is 1. The van der Waals surface area contributed by atoms with Crippen molar-refractivity contribution in [3.63, 3.8) is 0 Å². The lowest BCUT2D eigenvalue weighted by Crippen LogP contribution is -2.62. The molecular formula is C23H34O6. The molecule has 7 atom stereocenters. The number of aliphatic hydroxyl groups excluding tert-OH is 1. The Kier molecular flexibility index (Phi) is 5.20. The molecule has 0 aromatic rings. The van der Waals surface area contributed by atoms with Crippen LogP contribution in [0.3, 0.4) is 0 Å². The fourth-order valence-corrected chi connectivity index (χ4v) is 7.63. The smallest absolute Gasteiger partial charge is 0.338 e. The van der Waals surface area contributed by atoms with Gasteiger partial charge in [-0.1, -0.05) is 19.4 Å². The third-order valence-corrected chi connectivity index (χ3v) is 8.95. The van der Waals surface area contributed by atoms with Gasteiger partial charge >= 0.3 is 5.97 Å². The zero-order valence-electron chi connectivity index (χ0n) is 18.0. The average molecular weight is 407 g/mol. The number of rotatable bonds is 4. The summed E-state index contributed by atoms with van der Waals surface area (Å²) < 4.78 is 16.4. The van der Waals surface area contributed by atoms with Gasteiger partial charge in [0.1, 0.15) is 6.79 Å². The molecule has 3 saturated carbocycles. The van der Waals surface area contributed by atoms with E-state index in [0.717, 1.165) is 25.7 Å². The molecule has 29 heavy (non-hydrogen) atoms. The number of esters is 1. The molecule has 4 aliphatic rings. The zero-order chi connectivity index (χ0) is 21.0. The Morgan fingerprint density at radius 2 is 1.97 bits per heavy atom. The molecule has 4 aliphatic carbocycles. The van der Waals surface area contributed by atoms with Crippen LogP contribution in [0.4, 0.5) is 0 Å². The second-order valence-corrected chi connectivity index (χ2v) is 9.99. The van der Waals surface area contributed by atoms with E-state index in [9.17, 15) is 14.7 Å². The summed E-state index contributed by atoms with van der Waals surface area (Å²) in [5, 5.41) is 11.4. The molecule has 0 aliphatic heterocycles. The predicted octanol–water partition coefficient (Wildman–Crippen LogP) is 3.02. The molecule has 2 unspecified atom stereocenters. The van der Waals surface area contributed by atoms with Gasteiger partial charge < -0.3 is 19.3 Å². The third kappa shape index (κ3) is 2.78. The molecule has 0 saturated heterocycles. The fourth-order valence-electron chi connectivity index (χ4n) is 7.63. The van der Waals surface area contributed by atoms with E-state index < -0.39 is 17.1 Å². The van der Waals surface area contributed by atoms with Crippen LogP contribution in [-0.4, -0.2) is 49.6 Å². The van der Waals surface area contributed by atoms with Crippen LogP contribution in [0.25, 0.3) is 0 Å². The van der Waals surface area contributed by atoms with Gasteiger partial charge in [-0.05, 0) is 67.8 Å². The molecule has 0 heterocycles. The molecule has 0 bridgehead atoms. The Morgan fingerprint density at radius 3 is 2.66 bits per heavy atom. The Hall–Kier alpha value is -1.24. The van der Waals surface area contributed by atoms with Crippen LogP contribution < -0.4 is 0 Å². The van der Waals surface area contributed by atoms with E-state index in [2.05, 4.69) is 13.8 Å². The monoisotopic (exact) mass is 406 g/mol. The Balaban J connectivity index is 1.73. The number of carbonyl (C=O) groups is 2. The lowest BCUT2D eigenvalue weighted by molar-refractivity contribution is -0.228. The van der Waals surface area contributed by atoms with Gasteiger partial charge in [-0.3, -0.25) is 4.79 Å². The molecular weight excluding hydrogens is 372 g/mol. The summed E-state index contributed by atoms with van der Waals surface area (Å²) in [5.41, 5.74) is -0.526. The molecule has 4 rings (SSSR count). The summed E-state index contributed by atoms with van der Waals surface area (Å²) in [4.78, 5) is 25.0. The molecule has 162 valence electrons. The molecule has 1 N–H and O–H groups in total. The van der Waals surface area contributed by atoms with Crippen molar-refractivity contribution in [1.29, 1.82) is 0 Å².